The Morgan fingerprint density at radius 2 is 2.10 bits per heavy atom. The second-order valence-electron chi connectivity index (χ2n) is 5.82. The molecule has 20 heavy (non-hydrogen) atoms. The van der Waals surface area contributed by atoms with E-state index in [1.54, 1.807) is 0 Å². The van der Waals surface area contributed by atoms with E-state index in [2.05, 4.69) is 25.2 Å². The second kappa shape index (κ2) is 6.75. The summed E-state index contributed by atoms with van der Waals surface area (Å²) in [7, 11) is 0. The fraction of sp³-hybridized carbons (Fsp3) is 0.562. The number of rotatable bonds is 3. The number of aliphatic hydroxyl groups is 1. The van der Waals surface area contributed by atoms with Gasteiger partial charge in [0.2, 0.25) is 0 Å². The van der Waals surface area contributed by atoms with Crippen LogP contribution in [-0.2, 0) is 0 Å². The van der Waals surface area contributed by atoms with Crippen molar-refractivity contribution in [3.05, 3.63) is 29.8 Å². The highest BCUT2D eigenvalue weighted by atomic mass is 16.3. The predicted octanol–water partition coefficient (Wildman–Crippen LogP) is 3.05. The molecule has 1 aromatic carbocycles. The van der Waals surface area contributed by atoms with E-state index in [9.17, 15) is 4.79 Å². The minimum Gasteiger partial charge on any atom is -0.396 e. The Kier molecular flexibility index (Phi) is 5.01. The number of benzene rings is 1. The van der Waals surface area contributed by atoms with Crippen molar-refractivity contribution in [2.45, 2.75) is 32.6 Å². The number of hydrogen-bond acceptors (Lipinski definition) is 2. The van der Waals surface area contributed by atoms with Gasteiger partial charge in [-0.15, -0.1) is 0 Å². The van der Waals surface area contributed by atoms with Gasteiger partial charge in [-0.3, -0.25) is 0 Å². The van der Waals surface area contributed by atoms with E-state index in [0.29, 0.717) is 11.8 Å². The summed E-state index contributed by atoms with van der Waals surface area (Å²) in [4.78, 5) is 14.0. The van der Waals surface area contributed by atoms with Crippen LogP contribution in [0.5, 0.6) is 0 Å². The summed E-state index contributed by atoms with van der Waals surface area (Å²) in [5.74, 6) is 0.801. The maximum atomic E-state index is 12.2. The van der Waals surface area contributed by atoms with E-state index in [4.69, 9.17) is 5.11 Å². The topological polar surface area (TPSA) is 52.6 Å². The summed E-state index contributed by atoms with van der Waals surface area (Å²) in [6, 6.07) is 7.96. The van der Waals surface area contributed by atoms with Gasteiger partial charge in [0.25, 0.3) is 0 Å². The molecule has 0 saturated carbocycles. The molecule has 2 N–H and O–H groups in total. The van der Waals surface area contributed by atoms with Crippen molar-refractivity contribution in [1.82, 2.24) is 4.90 Å². The van der Waals surface area contributed by atoms with Crippen LogP contribution in [0, 0.1) is 5.92 Å². The van der Waals surface area contributed by atoms with Crippen LogP contribution in [0.15, 0.2) is 24.3 Å². The van der Waals surface area contributed by atoms with Crippen LogP contribution in [0.25, 0.3) is 0 Å². The summed E-state index contributed by atoms with van der Waals surface area (Å²) < 4.78 is 0. The van der Waals surface area contributed by atoms with E-state index in [0.717, 1.165) is 31.6 Å². The molecule has 0 spiro atoms. The normalized spacial score (nSPS) is 16.5. The lowest BCUT2D eigenvalue weighted by molar-refractivity contribution is 0.143. The first-order chi connectivity index (χ1) is 9.60. The zero-order chi connectivity index (χ0) is 14.5. The van der Waals surface area contributed by atoms with E-state index in [-0.39, 0.29) is 12.6 Å². The number of anilines is 1. The molecule has 0 unspecified atom stereocenters. The van der Waals surface area contributed by atoms with Crippen LogP contribution in [0.1, 0.15) is 38.2 Å². The third kappa shape index (κ3) is 3.73. The number of carbonyl (C=O) groups excluding carboxylic acids is 1. The molecule has 1 saturated heterocycles. The SMILES string of the molecule is CC(C)c1cccc(NC(=O)N2CCC(CO)CC2)c1. The van der Waals surface area contributed by atoms with Gasteiger partial charge in [-0.05, 0) is 42.4 Å². The first-order valence-electron chi connectivity index (χ1n) is 7.37. The van der Waals surface area contributed by atoms with Crippen LogP contribution in [0.4, 0.5) is 10.5 Å². The number of likely N-dealkylation sites (tertiary alicyclic amines) is 1. The molecule has 2 rings (SSSR count). The summed E-state index contributed by atoms with van der Waals surface area (Å²) in [6.45, 7) is 5.95. The first-order valence-corrected chi connectivity index (χ1v) is 7.37. The summed E-state index contributed by atoms with van der Waals surface area (Å²) >= 11 is 0. The van der Waals surface area contributed by atoms with Crippen LogP contribution in [0.2, 0.25) is 0 Å². The van der Waals surface area contributed by atoms with Crippen LogP contribution >= 0.6 is 0 Å². The molecular weight excluding hydrogens is 252 g/mol. The second-order valence-corrected chi connectivity index (χ2v) is 5.82. The smallest absolute Gasteiger partial charge is 0.321 e. The monoisotopic (exact) mass is 276 g/mol. The average Bonchev–Trinajstić information content (AvgIpc) is 2.47. The minimum atomic E-state index is -0.0395. The zero-order valence-electron chi connectivity index (χ0n) is 12.3. The molecule has 0 bridgehead atoms. The quantitative estimate of drug-likeness (QED) is 0.891. The fourth-order valence-electron chi connectivity index (χ4n) is 2.50. The molecule has 1 aromatic rings. The molecule has 1 fully saturated rings. The number of piperidine rings is 1. The van der Waals surface area contributed by atoms with Gasteiger partial charge in [-0.2, -0.15) is 0 Å². The predicted molar refractivity (Wildman–Crippen MR) is 80.9 cm³/mol. The van der Waals surface area contributed by atoms with Crippen molar-refractivity contribution < 1.29 is 9.90 Å². The molecule has 1 heterocycles. The van der Waals surface area contributed by atoms with E-state index in [1.807, 2.05) is 23.1 Å². The van der Waals surface area contributed by atoms with Gasteiger partial charge in [0.05, 0.1) is 0 Å². The number of nitrogens with zero attached hydrogens (tertiary/aromatic N) is 1. The lowest BCUT2D eigenvalue weighted by Gasteiger charge is -2.31. The Morgan fingerprint density at radius 1 is 1.40 bits per heavy atom. The molecule has 0 radical (unpaired) electrons. The average molecular weight is 276 g/mol. The van der Waals surface area contributed by atoms with E-state index < -0.39 is 0 Å². The lowest BCUT2D eigenvalue weighted by Crippen LogP contribution is -2.41. The van der Waals surface area contributed by atoms with Crippen molar-refractivity contribution >= 4 is 11.7 Å². The number of amides is 2. The van der Waals surface area contributed by atoms with Gasteiger partial charge in [0.15, 0.2) is 0 Å². The van der Waals surface area contributed by atoms with Gasteiger partial charge in [-0.1, -0.05) is 26.0 Å². The highest BCUT2D eigenvalue weighted by Crippen LogP contribution is 2.20. The molecule has 0 atom stereocenters. The van der Waals surface area contributed by atoms with Crippen LogP contribution < -0.4 is 5.32 Å². The largest absolute Gasteiger partial charge is 0.396 e. The molecule has 0 aliphatic carbocycles. The zero-order valence-corrected chi connectivity index (χ0v) is 12.3. The Balaban J connectivity index is 1.93. The van der Waals surface area contributed by atoms with Gasteiger partial charge in [0.1, 0.15) is 0 Å². The Morgan fingerprint density at radius 3 is 2.70 bits per heavy atom. The minimum absolute atomic E-state index is 0.0395. The summed E-state index contributed by atoms with van der Waals surface area (Å²) in [5.41, 5.74) is 2.08. The summed E-state index contributed by atoms with van der Waals surface area (Å²) in [5, 5.41) is 12.1. The molecule has 1 aliphatic heterocycles. The van der Waals surface area contributed by atoms with Crippen LogP contribution in [0.3, 0.4) is 0 Å². The van der Waals surface area contributed by atoms with Crippen molar-refractivity contribution in [1.29, 1.82) is 0 Å². The van der Waals surface area contributed by atoms with Crippen molar-refractivity contribution in [3.63, 3.8) is 0 Å². The number of aliphatic hydroxyl groups excluding tert-OH is 1. The fourth-order valence-corrected chi connectivity index (χ4v) is 2.50. The van der Waals surface area contributed by atoms with Gasteiger partial charge in [-0.25, -0.2) is 4.79 Å². The van der Waals surface area contributed by atoms with Crippen molar-refractivity contribution in [3.8, 4) is 0 Å². The molecule has 0 aromatic heterocycles. The van der Waals surface area contributed by atoms with E-state index in [1.165, 1.54) is 5.56 Å². The number of urea groups is 1. The Hall–Kier alpha value is -1.55. The molecule has 1 aliphatic rings. The number of hydrogen-bond donors (Lipinski definition) is 2. The number of carbonyl (C=O) groups is 1. The molecular formula is C16H24N2O2. The highest BCUT2D eigenvalue weighted by Gasteiger charge is 2.22. The molecule has 2 amide bonds. The Labute approximate surface area is 120 Å². The number of nitrogens with one attached hydrogen (secondary N) is 1. The first kappa shape index (κ1) is 14.9. The van der Waals surface area contributed by atoms with Gasteiger partial charge < -0.3 is 15.3 Å². The van der Waals surface area contributed by atoms with Gasteiger partial charge >= 0.3 is 6.03 Å². The Bertz CT molecular complexity index is 452. The van der Waals surface area contributed by atoms with E-state index >= 15 is 0 Å². The van der Waals surface area contributed by atoms with Gasteiger partial charge in [0, 0.05) is 25.4 Å². The third-order valence-electron chi connectivity index (χ3n) is 3.96. The standard InChI is InChI=1S/C16H24N2O2/c1-12(2)14-4-3-5-15(10-14)17-16(20)18-8-6-13(11-19)7-9-18/h3-5,10,12-13,19H,6-9,11H2,1-2H3,(H,17,20). The van der Waals surface area contributed by atoms with Crippen molar-refractivity contribution in [2.24, 2.45) is 5.92 Å². The maximum absolute atomic E-state index is 12.2. The molecule has 4 nitrogen and oxygen atoms in total. The highest BCUT2D eigenvalue weighted by molar-refractivity contribution is 5.89. The summed E-state index contributed by atoms with van der Waals surface area (Å²) in [6.07, 6.45) is 1.77. The van der Waals surface area contributed by atoms with Crippen LogP contribution in [-0.4, -0.2) is 35.7 Å². The third-order valence-corrected chi connectivity index (χ3v) is 3.96. The van der Waals surface area contributed by atoms with Crippen molar-refractivity contribution in [2.75, 3.05) is 25.0 Å². The molecule has 4 heteroatoms. The molecule has 110 valence electrons. The lowest BCUT2D eigenvalue weighted by atomic mass is 9.98. The maximum Gasteiger partial charge on any atom is 0.321 e.